The Morgan fingerprint density at radius 2 is 1.82 bits per heavy atom. The number of anilines is 1. The normalized spacial score (nSPS) is 12.1. The Morgan fingerprint density at radius 3 is 2.53 bits per heavy atom. The van der Waals surface area contributed by atoms with Crippen LogP contribution in [0.25, 0.3) is 0 Å². The third kappa shape index (κ3) is 3.55. The van der Waals surface area contributed by atoms with Crippen molar-refractivity contribution in [2.75, 3.05) is 11.9 Å². The van der Waals surface area contributed by atoms with E-state index in [1.54, 1.807) is 12.4 Å². The first kappa shape index (κ1) is 11.6. The van der Waals surface area contributed by atoms with Gasteiger partial charge in [-0.1, -0.05) is 37.3 Å². The lowest BCUT2D eigenvalue weighted by molar-refractivity contribution is 0.705. The van der Waals surface area contributed by atoms with Gasteiger partial charge in [0.2, 0.25) is 0 Å². The molecule has 2 aromatic rings. The summed E-state index contributed by atoms with van der Waals surface area (Å²) >= 11 is 0. The summed E-state index contributed by atoms with van der Waals surface area (Å²) < 4.78 is 0. The van der Waals surface area contributed by atoms with E-state index in [0.29, 0.717) is 5.92 Å². The van der Waals surface area contributed by atoms with Crippen LogP contribution in [0, 0.1) is 0 Å². The molecule has 0 aliphatic carbocycles. The van der Waals surface area contributed by atoms with Crippen molar-refractivity contribution >= 4 is 5.69 Å². The fourth-order valence-electron chi connectivity index (χ4n) is 1.77. The molecule has 0 bridgehead atoms. The van der Waals surface area contributed by atoms with E-state index in [4.69, 9.17) is 0 Å². The first-order valence-electron chi connectivity index (χ1n) is 5.90. The van der Waals surface area contributed by atoms with Gasteiger partial charge in [0.15, 0.2) is 0 Å². The highest BCUT2D eigenvalue weighted by molar-refractivity contribution is 5.36. The van der Waals surface area contributed by atoms with Crippen molar-refractivity contribution in [3.05, 3.63) is 54.6 Å². The first-order chi connectivity index (χ1) is 8.36. The highest BCUT2D eigenvalue weighted by Gasteiger charge is 2.03. The zero-order chi connectivity index (χ0) is 11.9. The van der Waals surface area contributed by atoms with E-state index < -0.39 is 0 Å². The highest BCUT2D eigenvalue weighted by Crippen LogP contribution is 2.18. The number of hydrogen-bond acceptors (Lipinski definition) is 3. The van der Waals surface area contributed by atoms with E-state index in [2.05, 4.69) is 52.5 Å². The van der Waals surface area contributed by atoms with Crippen molar-refractivity contribution in [3.8, 4) is 0 Å². The maximum Gasteiger partial charge on any atom is 0.115 e. The molecule has 3 heteroatoms. The lowest BCUT2D eigenvalue weighted by Gasteiger charge is -2.12. The smallest absolute Gasteiger partial charge is 0.115 e. The molecule has 1 aromatic carbocycles. The van der Waals surface area contributed by atoms with Crippen LogP contribution < -0.4 is 5.32 Å². The van der Waals surface area contributed by atoms with Crippen molar-refractivity contribution < 1.29 is 0 Å². The molecule has 0 aliphatic rings. The van der Waals surface area contributed by atoms with Crippen LogP contribution >= 0.6 is 0 Å². The summed E-state index contributed by atoms with van der Waals surface area (Å²) in [6.45, 7) is 3.18. The summed E-state index contributed by atoms with van der Waals surface area (Å²) in [4.78, 5) is 7.93. The number of benzene rings is 1. The Kier molecular flexibility index (Phi) is 4.08. The number of nitrogens with zero attached hydrogens (tertiary/aromatic N) is 2. The fraction of sp³-hybridized carbons (Fsp3) is 0.286. The van der Waals surface area contributed by atoms with Crippen molar-refractivity contribution in [2.24, 2.45) is 0 Å². The quantitative estimate of drug-likeness (QED) is 0.853. The topological polar surface area (TPSA) is 37.8 Å². The monoisotopic (exact) mass is 227 g/mol. The van der Waals surface area contributed by atoms with Crippen LogP contribution in [-0.2, 0) is 0 Å². The van der Waals surface area contributed by atoms with Gasteiger partial charge in [-0.25, -0.2) is 9.97 Å². The predicted molar refractivity (Wildman–Crippen MR) is 70.0 cm³/mol. The average Bonchev–Trinajstić information content (AvgIpc) is 2.41. The molecule has 1 N–H and O–H groups in total. The van der Waals surface area contributed by atoms with Crippen molar-refractivity contribution in [3.63, 3.8) is 0 Å². The summed E-state index contributed by atoms with van der Waals surface area (Å²) in [6.07, 6.45) is 6.22. The van der Waals surface area contributed by atoms with E-state index in [9.17, 15) is 0 Å². The minimum absolute atomic E-state index is 0.563. The molecular formula is C14H17N3. The van der Waals surface area contributed by atoms with Crippen LogP contribution in [0.3, 0.4) is 0 Å². The van der Waals surface area contributed by atoms with Crippen LogP contribution in [0.15, 0.2) is 49.1 Å². The van der Waals surface area contributed by atoms with Crippen LogP contribution in [0.4, 0.5) is 5.69 Å². The molecule has 0 radical (unpaired) electrons. The van der Waals surface area contributed by atoms with Crippen molar-refractivity contribution in [2.45, 2.75) is 19.3 Å². The molecule has 0 fully saturated rings. The van der Waals surface area contributed by atoms with Gasteiger partial charge in [0.25, 0.3) is 0 Å². The molecule has 0 spiro atoms. The number of rotatable bonds is 5. The van der Waals surface area contributed by atoms with Crippen LogP contribution in [0.5, 0.6) is 0 Å². The van der Waals surface area contributed by atoms with E-state index in [0.717, 1.165) is 18.7 Å². The molecular weight excluding hydrogens is 210 g/mol. The summed E-state index contributed by atoms with van der Waals surface area (Å²) in [5, 5.41) is 3.32. The van der Waals surface area contributed by atoms with Crippen LogP contribution in [-0.4, -0.2) is 16.5 Å². The van der Waals surface area contributed by atoms with E-state index in [-0.39, 0.29) is 0 Å². The van der Waals surface area contributed by atoms with E-state index >= 15 is 0 Å². The summed E-state index contributed by atoms with van der Waals surface area (Å²) in [5.41, 5.74) is 2.37. The van der Waals surface area contributed by atoms with Gasteiger partial charge in [0, 0.05) is 6.54 Å². The molecule has 1 heterocycles. The maximum absolute atomic E-state index is 3.97. The molecule has 1 atom stereocenters. The lowest BCUT2D eigenvalue weighted by Crippen LogP contribution is -2.06. The molecule has 2 rings (SSSR count). The second kappa shape index (κ2) is 5.99. The van der Waals surface area contributed by atoms with Crippen molar-refractivity contribution in [1.82, 2.24) is 9.97 Å². The molecule has 1 aromatic heterocycles. The van der Waals surface area contributed by atoms with E-state index in [1.165, 1.54) is 11.9 Å². The standard InChI is InChI=1S/C14H17N3/c1-12(13-5-3-2-4-6-13)7-8-17-14-9-15-11-16-10-14/h2-6,9-12,17H,7-8H2,1H3. The molecule has 0 amide bonds. The van der Waals surface area contributed by atoms with Crippen LogP contribution in [0.2, 0.25) is 0 Å². The molecule has 1 unspecified atom stereocenters. The lowest BCUT2D eigenvalue weighted by atomic mass is 9.98. The third-order valence-corrected chi connectivity index (χ3v) is 2.84. The van der Waals surface area contributed by atoms with Gasteiger partial charge in [0.05, 0.1) is 18.1 Å². The summed E-state index contributed by atoms with van der Waals surface area (Å²) in [6, 6.07) is 10.6. The minimum Gasteiger partial charge on any atom is -0.383 e. The number of nitrogens with one attached hydrogen (secondary N) is 1. The summed E-state index contributed by atoms with van der Waals surface area (Å²) in [5.74, 6) is 0.563. The second-order valence-corrected chi connectivity index (χ2v) is 4.15. The SMILES string of the molecule is CC(CCNc1cncnc1)c1ccccc1. The zero-order valence-electron chi connectivity index (χ0n) is 10.0. The fourth-order valence-corrected chi connectivity index (χ4v) is 1.77. The third-order valence-electron chi connectivity index (χ3n) is 2.84. The predicted octanol–water partition coefficient (Wildman–Crippen LogP) is 3.08. The largest absolute Gasteiger partial charge is 0.383 e. The Labute approximate surface area is 102 Å². The molecule has 3 nitrogen and oxygen atoms in total. The average molecular weight is 227 g/mol. The Hall–Kier alpha value is -1.90. The van der Waals surface area contributed by atoms with Crippen molar-refractivity contribution in [1.29, 1.82) is 0 Å². The second-order valence-electron chi connectivity index (χ2n) is 4.15. The molecule has 0 saturated heterocycles. The summed E-state index contributed by atoms with van der Waals surface area (Å²) in [7, 11) is 0. The maximum atomic E-state index is 3.97. The van der Waals surface area contributed by atoms with E-state index in [1.807, 2.05) is 0 Å². The Morgan fingerprint density at radius 1 is 1.12 bits per heavy atom. The minimum atomic E-state index is 0.563. The zero-order valence-corrected chi connectivity index (χ0v) is 10.0. The molecule has 88 valence electrons. The molecule has 0 aliphatic heterocycles. The highest BCUT2D eigenvalue weighted by atomic mass is 14.9. The van der Waals surface area contributed by atoms with Gasteiger partial charge in [-0.3, -0.25) is 0 Å². The Balaban J connectivity index is 1.79. The number of aromatic nitrogens is 2. The van der Waals surface area contributed by atoms with Gasteiger partial charge in [-0.2, -0.15) is 0 Å². The first-order valence-corrected chi connectivity index (χ1v) is 5.90. The van der Waals surface area contributed by atoms with Gasteiger partial charge < -0.3 is 5.32 Å². The molecule has 17 heavy (non-hydrogen) atoms. The van der Waals surface area contributed by atoms with Gasteiger partial charge in [0.1, 0.15) is 6.33 Å². The Bertz CT molecular complexity index is 428. The van der Waals surface area contributed by atoms with Gasteiger partial charge in [-0.15, -0.1) is 0 Å². The van der Waals surface area contributed by atoms with Gasteiger partial charge >= 0.3 is 0 Å². The van der Waals surface area contributed by atoms with Crippen LogP contribution in [0.1, 0.15) is 24.8 Å². The number of hydrogen-bond donors (Lipinski definition) is 1. The van der Waals surface area contributed by atoms with Gasteiger partial charge in [-0.05, 0) is 17.9 Å². The molecule has 0 saturated carbocycles.